The molecule has 2 heteroatoms. The first-order valence-corrected chi connectivity index (χ1v) is 7.26. The molecule has 2 rings (SSSR count). The smallest absolute Gasteiger partial charge is 0.0195 e. The van der Waals surface area contributed by atoms with Crippen LogP contribution in [0.3, 0.4) is 0 Å². The zero-order valence-electron chi connectivity index (χ0n) is 11.0. The molecule has 2 nitrogen and oxygen atoms in total. The third kappa shape index (κ3) is 3.21. The summed E-state index contributed by atoms with van der Waals surface area (Å²) < 4.78 is 0. The molecule has 16 heavy (non-hydrogen) atoms. The highest BCUT2D eigenvalue weighted by Crippen LogP contribution is 2.23. The topological polar surface area (TPSA) is 15.3 Å². The van der Waals surface area contributed by atoms with Gasteiger partial charge in [0.1, 0.15) is 0 Å². The van der Waals surface area contributed by atoms with Crippen LogP contribution in [-0.4, -0.2) is 36.1 Å². The molecule has 1 unspecified atom stereocenters. The minimum absolute atomic E-state index is 0.755. The van der Waals surface area contributed by atoms with E-state index in [0.29, 0.717) is 0 Å². The molecular weight excluding hydrogens is 196 g/mol. The van der Waals surface area contributed by atoms with Gasteiger partial charge in [-0.25, -0.2) is 0 Å². The van der Waals surface area contributed by atoms with Crippen LogP contribution < -0.4 is 5.32 Å². The highest BCUT2D eigenvalue weighted by molar-refractivity contribution is 4.84. The minimum Gasteiger partial charge on any atom is -0.313 e. The molecule has 94 valence electrons. The number of hydrogen-bond acceptors (Lipinski definition) is 2. The highest BCUT2D eigenvalue weighted by atomic mass is 15.2. The fraction of sp³-hybridized carbons (Fsp3) is 1.00. The normalized spacial score (nSPS) is 38.2. The van der Waals surface area contributed by atoms with Gasteiger partial charge in [-0.1, -0.05) is 19.3 Å². The number of nitrogens with zero attached hydrogens (tertiary/aromatic N) is 1. The number of nitrogens with one attached hydrogen (secondary N) is 1. The van der Waals surface area contributed by atoms with Crippen molar-refractivity contribution in [2.45, 2.75) is 76.9 Å². The first kappa shape index (κ1) is 12.4. The van der Waals surface area contributed by atoms with E-state index in [0.717, 1.165) is 18.1 Å². The lowest BCUT2D eigenvalue weighted by Crippen LogP contribution is -2.50. The van der Waals surface area contributed by atoms with Gasteiger partial charge in [-0.05, 0) is 46.1 Å². The fourth-order valence-electron chi connectivity index (χ4n) is 3.35. The lowest BCUT2D eigenvalue weighted by molar-refractivity contribution is 0.0902. The van der Waals surface area contributed by atoms with Crippen molar-refractivity contribution < 1.29 is 0 Å². The largest absolute Gasteiger partial charge is 0.313 e. The van der Waals surface area contributed by atoms with Gasteiger partial charge >= 0.3 is 0 Å². The third-order valence-electron chi connectivity index (χ3n) is 4.47. The average Bonchev–Trinajstić information content (AvgIpc) is 2.52. The van der Waals surface area contributed by atoms with Crippen molar-refractivity contribution in [3.63, 3.8) is 0 Å². The molecule has 2 heterocycles. The molecule has 0 aliphatic carbocycles. The molecule has 0 spiro atoms. The van der Waals surface area contributed by atoms with Gasteiger partial charge in [0, 0.05) is 24.7 Å². The molecule has 2 saturated heterocycles. The van der Waals surface area contributed by atoms with Crippen LogP contribution >= 0.6 is 0 Å². The van der Waals surface area contributed by atoms with Crippen molar-refractivity contribution in [3.8, 4) is 0 Å². The minimum atomic E-state index is 0.755. The third-order valence-corrected chi connectivity index (χ3v) is 4.47. The molecular formula is C14H28N2. The van der Waals surface area contributed by atoms with E-state index < -0.39 is 0 Å². The van der Waals surface area contributed by atoms with Crippen LogP contribution in [-0.2, 0) is 0 Å². The van der Waals surface area contributed by atoms with Crippen molar-refractivity contribution in [1.82, 2.24) is 10.2 Å². The molecule has 0 bridgehead atoms. The molecule has 1 N–H and O–H groups in total. The van der Waals surface area contributed by atoms with E-state index in [1.807, 2.05) is 0 Å². The highest BCUT2D eigenvalue weighted by Gasteiger charge is 2.26. The Morgan fingerprint density at radius 2 is 1.69 bits per heavy atom. The summed E-state index contributed by atoms with van der Waals surface area (Å²) in [7, 11) is 0. The van der Waals surface area contributed by atoms with E-state index in [2.05, 4.69) is 24.1 Å². The van der Waals surface area contributed by atoms with Crippen LogP contribution in [0.25, 0.3) is 0 Å². The van der Waals surface area contributed by atoms with E-state index in [9.17, 15) is 0 Å². The van der Waals surface area contributed by atoms with Gasteiger partial charge in [0.05, 0.1) is 0 Å². The summed E-state index contributed by atoms with van der Waals surface area (Å²) in [6.07, 6.45) is 9.84. The van der Waals surface area contributed by atoms with Crippen LogP contribution in [0.5, 0.6) is 0 Å². The van der Waals surface area contributed by atoms with Gasteiger partial charge < -0.3 is 5.32 Å². The summed E-state index contributed by atoms with van der Waals surface area (Å²) in [5.41, 5.74) is 0. The Bertz CT molecular complexity index is 187. The van der Waals surface area contributed by atoms with Crippen LogP contribution in [0.2, 0.25) is 0 Å². The summed E-state index contributed by atoms with van der Waals surface area (Å²) in [6.45, 7) is 7.34. The van der Waals surface area contributed by atoms with Crippen LogP contribution in [0, 0.1) is 0 Å². The van der Waals surface area contributed by atoms with E-state index in [-0.39, 0.29) is 0 Å². The Morgan fingerprint density at radius 1 is 0.938 bits per heavy atom. The van der Waals surface area contributed by atoms with E-state index in [1.54, 1.807) is 0 Å². The molecule has 3 atom stereocenters. The summed E-state index contributed by atoms with van der Waals surface area (Å²) in [5, 5.41) is 3.73. The van der Waals surface area contributed by atoms with E-state index in [4.69, 9.17) is 0 Å². The molecule has 0 aromatic rings. The lowest BCUT2D eigenvalue weighted by atomic mass is 9.96. The predicted molar refractivity (Wildman–Crippen MR) is 69.7 cm³/mol. The standard InChI is InChI=1S/C14H28N2/c1-12-7-6-8-13(2)16(12)11-14-9-4-3-5-10-15-14/h12-15H,3-11H2,1-2H3/t12-,13+,14?. The molecule has 0 amide bonds. The molecule has 2 fully saturated rings. The van der Waals surface area contributed by atoms with Crippen molar-refractivity contribution in [2.24, 2.45) is 0 Å². The Hall–Kier alpha value is -0.0800. The van der Waals surface area contributed by atoms with Crippen molar-refractivity contribution in [1.29, 1.82) is 0 Å². The predicted octanol–water partition coefficient (Wildman–Crippen LogP) is 2.78. The Balaban J connectivity index is 1.85. The fourth-order valence-corrected chi connectivity index (χ4v) is 3.35. The maximum Gasteiger partial charge on any atom is 0.0195 e. The van der Waals surface area contributed by atoms with Gasteiger partial charge in [0.2, 0.25) is 0 Å². The second kappa shape index (κ2) is 6.02. The van der Waals surface area contributed by atoms with Gasteiger partial charge in [-0.3, -0.25) is 4.90 Å². The van der Waals surface area contributed by atoms with Gasteiger partial charge in [0.25, 0.3) is 0 Å². The molecule has 0 radical (unpaired) electrons. The first-order valence-electron chi connectivity index (χ1n) is 7.26. The summed E-state index contributed by atoms with van der Waals surface area (Å²) in [6, 6.07) is 2.35. The molecule has 0 saturated carbocycles. The number of rotatable bonds is 2. The van der Waals surface area contributed by atoms with Gasteiger partial charge in [-0.15, -0.1) is 0 Å². The van der Waals surface area contributed by atoms with Crippen molar-refractivity contribution >= 4 is 0 Å². The summed E-state index contributed by atoms with van der Waals surface area (Å²) in [5.74, 6) is 0. The first-order chi connectivity index (χ1) is 7.77. The quantitative estimate of drug-likeness (QED) is 0.776. The van der Waals surface area contributed by atoms with Crippen LogP contribution in [0.1, 0.15) is 58.8 Å². The van der Waals surface area contributed by atoms with Crippen LogP contribution in [0.15, 0.2) is 0 Å². The van der Waals surface area contributed by atoms with Crippen molar-refractivity contribution in [2.75, 3.05) is 13.1 Å². The Kier molecular flexibility index (Phi) is 4.66. The Labute approximate surface area is 101 Å². The SMILES string of the molecule is C[C@@H]1CCC[C@H](C)N1CC1CCCCCN1. The maximum absolute atomic E-state index is 3.73. The summed E-state index contributed by atoms with van der Waals surface area (Å²) >= 11 is 0. The van der Waals surface area contributed by atoms with E-state index in [1.165, 1.54) is 58.0 Å². The van der Waals surface area contributed by atoms with E-state index >= 15 is 0 Å². The van der Waals surface area contributed by atoms with Crippen LogP contribution in [0.4, 0.5) is 0 Å². The molecule has 0 aromatic carbocycles. The molecule has 2 aliphatic rings. The monoisotopic (exact) mass is 224 g/mol. The molecule has 0 aromatic heterocycles. The summed E-state index contributed by atoms with van der Waals surface area (Å²) in [4.78, 5) is 2.74. The lowest BCUT2D eigenvalue weighted by Gasteiger charge is -2.41. The number of hydrogen-bond donors (Lipinski definition) is 1. The van der Waals surface area contributed by atoms with Gasteiger partial charge in [-0.2, -0.15) is 0 Å². The number of likely N-dealkylation sites (tertiary alicyclic amines) is 1. The number of piperidine rings is 1. The maximum atomic E-state index is 3.73. The second-order valence-electron chi connectivity index (χ2n) is 5.83. The van der Waals surface area contributed by atoms with Gasteiger partial charge in [0.15, 0.2) is 0 Å². The zero-order chi connectivity index (χ0) is 11.4. The average molecular weight is 224 g/mol. The van der Waals surface area contributed by atoms with Crippen molar-refractivity contribution in [3.05, 3.63) is 0 Å². The Morgan fingerprint density at radius 3 is 2.44 bits per heavy atom. The second-order valence-corrected chi connectivity index (χ2v) is 5.83. The molecule has 2 aliphatic heterocycles. The zero-order valence-corrected chi connectivity index (χ0v) is 11.0.